The summed E-state index contributed by atoms with van der Waals surface area (Å²) < 4.78 is 44.1. The Hall–Kier alpha value is -7.97. The number of nitrogens with zero attached hydrogens (tertiary/aromatic N) is 8. The molecule has 0 heterocycles. The number of anilines is 2. The molecule has 0 aliphatic rings. The van der Waals surface area contributed by atoms with Gasteiger partial charge in [0.1, 0.15) is 39.1 Å². The number of benzene rings is 7. The SMILES string of the molecule is COc1cc(N=Nc2ccc(N=Nc3ccccc3S(=O)(=O)O)c(C)c2)c(CO)cc1N=Nc1cc(OC)c(N=Nc2ccc3cc(NCc4ccc(N)cc4)ccc3c2O)cc1CO. The maximum atomic E-state index is 11.7. The largest absolute Gasteiger partial charge is 0.505 e. The predicted molar refractivity (Wildman–Crippen MR) is 246 cm³/mol. The molecule has 0 amide bonds. The van der Waals surface area contributed by atoms with E-state index in [0.717, 1.165) is 16.6 Å². The van der Waals surface area contributed by atoms with Crippen molar-refractivity contribution in [3.8, 4) is 17.2 Å². The van der Waals surface area contributed by atoms with Crippen molar-refractivity contribution < 1.29 is 37.8 Å². The number of fused-ring (bicyclic) bond motifs is 1. The summed E-state index contributed by atoms with van der Waals surface area (Å²) in [6.45, 7) is 1.51. The molecule has 19 heteroatoms. The lowest BCUT2D eigenvalue weighted by molar-refractivity contribution is 0.282. The Balaban J connectivity index is 1.07. The summed E-state index contributed by atoms with van der Waals surface area (Å²) in [6, 6.07) is 33.5. The highest BCUT2D eigenvalue weighted by Crippen LogP contribution is 2.42. The Labute approximate surface area is 373 Å². The molecular formula is C46H42N10O8S. The minimum Gasteiger partial charge on any atom is -0.505 e. The Bertz CT molecular complexity index is 3120. The van der Waals surface area contributed by atoms with Crippen molar-refractivity contribution in [1.29, 1.82) is 0 Å². The molecule has 0 atom stereocenters. The molecule has 18 nitrogen and oxygen atoms in total. The highest BCUT2D eigenvalue weighted by molar-refractivity contribution is 7.86. The van der Waals surface area contributed by atoms with E-state index >= 15 is 0 Å². The van der Waals surface area contributed by atoms with Crippen LogP contribution in [-0.2, 0) is 29.9 Å². The molecule has 0 saturated heterocycles. The number of methoxy groups -OCH3 is 2. The number of aliphatic hydroxyl groups excluding tert-OH is 2. The van der Waals surface area contributed by atoms with E-state index in [1.165, 1.54) is 38.5 Å². The topological polar surface area (TPSA) is 270 Å². The first-order valence-corrected chi connectivity index (χ1v) is 21.1. The summed E-state index contributed by atoms with van der Waals surface area (Å²) in [5.74, 6) is 0.479. The van der Waals surface area contributed by atoms with E-state index in [2.05, 4.69) is 46.2 Å². The van der Waals surface area contributed by atoms with Gasteiger partial charge >= 0.3 is 0 Å². The molecule has 65 heavy (non-hydrogen) atoms. The first-order valence-electron chi connectivity index (χ1n) is 19.7. The van der Waals surface area contributed by atoms with Crippen molar-refractivity contribution >= 4 is 77.8 Å². The van der Waals surface area contributed by atoms with E-state index in [-0.39, 0.29) is 50.6 Å². The van der Waals surface area contributed by atoms with Crippen molar-refractivity contribution in [1.82, 2.24) is 0 Å². The number of aliphatic hydroxyl groups is 2. The number of ether oxygens (including phenoxy) is 2. The van der Waals surface area contributed by atoms with Crippen LogP contribution in [-0.4, -0.2) is 42.5 Å². The molecule has 0 aliphatic carbocycles. The van der Waals surface area contributed by atoms with Crippen LogP contribution in [0.3, 0.4) is 0 Å². The number of hydrogen-bond acceptors (Lipinski definition) is 17. The lowest BCUT2D eigenvalue weighted by atomic mass is 10.1. The maximum Gasteiger partial charge on any atom is 0.296 e. The van der Waals surface area contributed by atoms with Crippen LogP contribution in [0, 0.1) is 6.92 Å². The monoisotopic (exact) mass is 894 g/mol. The number of rotatable bonds is 16. The van der Waals surface area contributed by atoms with Crippen LogP contribution in [0.4, 0.5) is 56.9 Å². The molecule has 7 N–H and O–H groups in total. The molecule has 0 unspecified atom stereocenters. The second-order valence-corrected chi connectivity index (χ2v) is 15.7. The summed E-state index contributed by atoms with van der Waals surface area (Å²) in [4.78, 5) is -0.366. The Morgan fingerprint density at radius 1 is 0.600 bits per heavy atom. The molecular weight excluding hydrogens is 853 g/mol. The van der Waals surface area contributed by atoms with E-state index in [9.17, 15) is 28.3 Å². The number of nitrogen functional groups attached to an aromatic ring is 1. The van der Waals surface area contributed by atoms with Gasteiger partial charge in [0.2, 0.25) is 0 Å². The van der Waals surface area contributed by atoms with Gasteiger partial charge in [-0.3, -0.25) is 4.55 Å². The van der Waals surface area contributed by atoms with Gasteiger partial charge in [-0.05, 0) is 102 Å². The zero-order chi connectivity index (χ0) is 46.1. The Kier molecular flexibility index (Phi) is 13.9. The van der Waals surface area contributed by atoms with Crippen LogP contribution in [0.15, 0.2) is 167 Å². The third kappa shape index (κ3) is 10.8. The van der Waals surface area contributed by atoms with E-state index in [1.807, 2.05) is 42.5 Å². The quantitative estimate of drug-likeness (QED) is 0.0303. The van der Waals surface area contributed by atoms with Gasteiger partial charge in [0.05, 0.1) is 50.2 Å². The second-order valence-electron chi connectivity index (χ2n) is 14.3. The van der Waals surface area contributed by atoms with Gasteiger partial charge in [-0.2, -0.15) is 23.8 Å². The van der Waals surface area contributed by atoms with Gasteiger partial charge in [-0.15, -0.1) is 25.6 Å². The fraction of sp³-hybridized carbons (Fsp3) is 0.130. The van der Waals surface area contributed by atoms with Gasteiger partial charge < -0.3 is 35.8 Å². The summed E-state index contributed by atoms with van der Waals surface area (Å²) in [5.41, 5.74) is 12.0. The molecule has 0 fully saturated rings. The molecule has 7 aromatic rings. The molecule has 7 rings (SSSR count). The fourth-order valence-corrected chi connectivity index (χ4v) is 7.09. The number of aromatic hydroxyl groups is 1. The lowest BCUT2D eigenvalue weighted by Crippen LogP contribution is -1.99. The molecule has 0 aliphatic heterocycles. The van der Waals surface area contributed by atoms with E-state index in [0.29, 0.717) is 51.4 Å². The van der Waals surface area contributed by atoms with Crippen LogP contribution >= 0.6 is 0 Å². The number of phenolic OH excluding ortho intramolecular Hbond substituents is 1. The number of phenols is 1. The summed E-state index contributed by atoms with van der Waals surface area (Å²) in [5, 5.41) is 70.7. The summed E-state index contributed by atoms with van der Waals surface area (Å²) in [7, 11) is -1.61. The zero-order valence-electron chi connectivity index (χ0n) is 35.2. The minimum atomic E-state index is -4.49. The average molecular weight is 895 g/mol. The third-order valence-electron chi connectivity index (χ3n) is 9.94. The van der Waals surface area contributed by atoms with Crippen LogP contribution < -0.4 is 20.5 Å². The van der Waals surface area contributed by atoms with Gasteiger partial charge in [-0.1, -0.05) is 30.3 Å². The Morgan fingerprint density at radius 3 is 1.78 bits per heavy atom. The smallest absolute Gasteiger partial charge is 0.296 e. The van der Waals surface area contributed by atoms with Gasteiger partial charge in [0, 0.05) is 46.6 Å². The highest BCUT2D eigenvalue weighted by atomic mass is 32.2. The van der Waals surface area contributed by atoms with Crippen molar-refractivity contribution in [3.05, 3.63) is 144 Å². The average Bonchev–Trinajstić information content (AvgIpc) is 3.31. The van der Waals surface area contributed by atoms with E-state index in [4.69, 9.17) is 15.2 Å². The number of hydrogen-bond donors (Lipinski definition) is 6. The number of nitrogens with one attached hydrogen (secondary N) is 1. The number of nitrogens with two attached hydrogens (primary N) is 1. The molecule has 0 saturated carbocycles. The van der Waals surface area contributed by atoms with Crippen molar-refractivity contribution in [3.63, 3.8) is 0 Å². The van der Waals surface area contributed by atoms with E-state index in [1.54, 1.807) is 61.5 Å². The first kappa shape index (κ1) is 45.1. The molecule has 330 valence electrons. The normalized spacial score (nSPS) is 12.0. The maximum absolute atomic E-state index is 11.7. The van der Waals surface area contributed by atoms with Gasteiger partial charge in [-0.25, -0.2) is 0 Å². The van der Waals surface area contributed by atoms with Crippen LogP contribution in [0.5, 0.6) is 17.2 Å². The van der Waals surface area contributed by atoms with Crippen LogP contribution in [0.1, 0.15) is 22.3 Å². The molecule has 0 aromatic heterocycles. The third-order valence-corrected chi connectivity index (χ3v) is 10.8. The molecule has 7 aromatic carbocycles. The Morgan fingerprint density at radius 2 is 1.17 bits per heavy atom. The standard InChI is InChI=1S/C46H42N10O8S/c1-27-18-34(14-17-36(27)50-51-37-6-4-5-7-45(37)65(60,61)62)49-53-39-22-43(63-2)42(20-30(39)25-57)56-54-40-23-44(64-3)41(21-31(40)26-58)55-52-38-16-10-29-19-33(13-15-35(29)46(38)59)48-24-28-8-11-32(47)12-9-28/h4-23,48,57-59H,24-26,47H2,1-3H3,(H,60,61,62). The second kappa shape index (κ2) is 20.0. The lowest BCUT2D eigenvalue weighted by Gasteiger charge is -2.11. The van der Waals surface area contributed by atoms with Gasteiger partial charge in [0.25, 0.3) is 10.1 Å². The summed E-state index contributed by atoms with van der Waals surface area (Å²) in [6.07, 6.45) is 0. The number of azo groups is 4. The van der Waals surface area contributed by atoms with Crippen molar-refractivity contribution in [2.45, 2.75) is 31.6 Å². The molecule has 0 spiro atoms. The van der Waals surface area contributed by atoms with Gasteiger partial charge in [0.15, 0.2) is 5.75 Å². The first-order chi connectivity index (χ1) is 31.4. The molecule has 0 bridgehead atoms. The van der Waals surface area contributed by atoms with Crippen molar-refractivity contribution in [2.75, 3.05) is 25.3 Å². The molecule has 0 radical (unpaired) electrons. The predicted octanol–water partition coefficient (Wildman–Crippen LogP) is 12.0. The number of aryl methyl sites for hydroxylation is 1. The van der Waals surface area contributed by atoms with Crippen LogP contribution in [0.25, 0.3) is 10.8 Å². The summed E-state index contributed by atoms with van der Waals surface area (Å²) >= 11 is 0. The zero-order valence-corrected chi connectivity index (χ0v) is 36.0. The van der Waals surface area contributed by atoms with E-state index < -0.39 is 23.3 Å². The van der Waals surface area contributed by atoms with Crippen molar-refractivity contribution in [2.24, 2.45) is 40.9 Å². The highest BCUT2D eigenvalue weighted by Gasteiger charge is 2.16. The fourth-order valence-electron chi connectivity index (χ4n) is 6.46. The van der Waals surface area contributed by atoms with Crippen LogP contribution in [0.2, 0.25) is 0 Å². The minimum absolute atomic E-state index is 0.0209.